The first-order valence-corrected chi connectivity index (χ1v) is 10.0. The zero-order chi connectivity index (χ0) is 19.4. The number of benzene rings is 2. The highest BCUT2D eigenvalue weighted by atomic mass is 35.5. The molecule has 2 N–H and O–H groups in total. The molecule has 0 aliphatic carbocycles. The van der Waals surface area contributed by atoms with E-state index in [1.165, 1.54) is 0 Å². The van der Waals surface area contributed by atoms with Crippen molar-refractivity contribution in [1.82, 2.24) is 4.90 Å². The number of nitrogens with two attached hydrogens (primary N) is 1. The molecule has 1 saturated heterocycles. The van der Waals surface area contributed by atoms with Crippen molar-refractivity contribution in [1.29, 1.82) is 0 Å². The number of hydrogen-bond donors (Lipinski definition) is 1. The van der Waals surface area contributed by atoms with Gasteiger partial charge >= 0.3 is 0 Å². The van der Waals surface area contributed by atoms with Crippen molar-refractivity contribution in [2.24, 2.45) is 5.73 Å². The van der Waals surface area contributed by atoms with Gasteiger partial charge in [-0.1, -0.05) is 35.3 Å². The van der Waals surface area contributed by atoms with Crippen LogP contribution in [0.5, 0.6) is 0 Å². The van der Waals surface area contributed by atoms with Gasteiger partial charge in [0.1, 0.15) is 0 Å². The van der Waals surface area contributed by atoms with Gasteiger partial charge in [0.05, 0.1) is 18.2 Å². The average molecular weight is 425 g/mol. The first kappa shape index (κ1) is 20.0. The van der Waals surface area contributed by atoms with Crippen LogP contribution in [0.3, 0.4) is 0 Å². The third-order valence-electron chi connectivity index (χ3n) is 4.13. The third-order valence-corrected chi connectivity index (χ3v) is 5.94. The minimum absolute atomic E-state index is 0.141. The monoisotopic (exact) mass is 424 g/mol. The Morgan fingerprint density at radius 2 is 2.04 bits per heavy atom. The second kappa shape index (κ2) is 8.97. The number of primary amides is 1. The summed E-state index contributed by atoms with van der Waals surface area (Å²) in [7, 11) is 0. The Bertz CT molecular complexity index is 863. The molecule has 1 unspecified atom stereocenters. The molecular weight excluding hydrogens is 407 g/mol. The predicted molar refractivity (Wildman–Crippen MR) is 107 cm³/mol. The normalized spacial score (nSPS) is 17.0. The van der Waals surface area contributed by atoms with Crippen LogP contribution in [0.1, 0.15) is 15.9 Å². The van der Waals surface area contributed by atoms with E-state index in [2.05, 4.69) is 0 Å². The zero-order valence-corrected chi connectivity index (χ0v) is 16.7. The van der Waals surface area contributed by atoms with Crippen LogP contribution in [-0.4, -0.2) is 42.5 Å². The van der Waals surface area contributed by atoms with Crippen LogP contribution in [-0.2, 0) is 15.3 Å². The Hall–Kier alpha value is -1.73. The summed E-state index contributed by atoms with van der Waals surface area (Å²) in [5.74, 6) is -0.0537. The molecule has 1 atom stereocenters. The number of nitrogens with zero attached hydrogens (tertiary/aromatic N) is 1. The van der Waals surface area contributed by atoms with E-state index in [1.54, 1.807) is 34.9 Å². The number of thioether (sulfide) groups is 1. The average Bonchev–Trinajstić information content (AvgIpc) is 2.68. The number of halogens is 2. The van der Waals surface area contributed by atoms with Crippen LogP contribution in [0.2, 0.25) is 10.0 Å². The number of ether oxygens (including phenoxy) is 1. The summed E-state index contributed by atoms with van der Waals surface area (Å²) >= 11 is 13.8. The predicted octanol–water partition coefficient (Wildman–Crippen LogP) is 3.61. The molecule has 142 valence electrons. The van der Waals surface area contributed by atoms with Gasteiger partial charge in [0.15, 0.2) is 6.10 Å². The van der Waals surface area contributed by atoms with Crippen LogP contribution in [0.25, 0.3) is 0 Å². The molecule has 0 bridgehead atoms. The molecule has 3 rings (SSSR count). The highest BCUT2D eigenvalue weighted by Gasteiger charge is 2.28. The van der Waals surface area contributed by atoms with E-state index in [4.69, 9.17) is 33.7 Å². The van der Waals surface area contributed by atoms with Gasteiger partial charge in [-0.05, 0) is 35.9 Å². The summed E-state index contributed by atoms with van der Waals surface area (Å²) in [6, 6.07) is 12.7. The molecule has 1 heterocycles. The van der Waals surface area contributed by atoms with Crippen LogP contribution in [0.4, 0.5) is 0 Å². The topological polar surface area (TPSA) is 72.6 Å². The van der Waals surface area contributed by atoms with Crippen molar-refractivity contribution in [2.75, 3.05) is 19.7 Å². The fourth-order valence-electron chi connectivity index (χ4n) is 2.73. The van der Waals surface area contributed by atoms with Gasteiger partial charge in [-0.15, -0.1) is 11.8 Å². The minimum Gasteiger partial charge on any atom is -0.367 e. The molecule has 2 aromatic rings. The Balaban J connectivity index is 1.68. The van der Waals surface area contributed by atoms with E-state index >= 15 is 0 Å². The Morgan fingerprint density at radius 1 is 1.22 bits per heavy atom. The van der Waals surface area contributed by atoms with E-state index in [-0.39, 0.29) is 12.5 Å². The third kappa shape index (κ3) is 5.17. The maximum Gasteiger partial charge on any atom is 0.254 e. The van der Waals surface area contributed by atoms with Crippen LogP contribution < -0.4 is 5.73 Å². The van der Waals surface area contributed by atoms with Crippen molar-refractivity contribution in [2.45, 2.75) is 16.8 Å². The first-order chi connectivity index (χ1) is 12.9. The lowest BCUT2D eigenvalue weighted by Crippen LogP contribution is -2.50. The summed E-state index contributed by atoms with van der Waals surface area (Å²) in [5.41, 5.74) is 6.84. The Labute approximate surface area is 171 Å². The van der Waals surface area contributed by atoms with Crippen LogP contribution in [0.15, 0.2) is 47.4 Å². The van der Waals surface area contributed by atoms with E-state index in [0.29, 0.717) is 34.5 Å². The van der Waals surface area contributed by atoms with Crippen LogP contribution >= 0.6 is 35.0 Å². The second-order valence-electron chi connectivity index (χ2n) is 6.08. The smallest absolute Gasteiger partial charge is 0.254 e. The van der Waals surface area contributed by atoms with E-state index in [1.807, 2.05) is 24.3 Å². The zero-order valence-electron chi connectivity index (χ0n) is 14.4. The van der Waals surface area contributed by atoms with Crippen molar-refractivity contribution >= 4 is 46.8 Å². The summed E-state index contributed by atoms with van der Waals surface area (Å²) < 4.78 is 5.29. The van der Waals surface area contributed by atoms with Gasteiger partial charge in [0.2, 0.25) is 5.91 Å². The molecule has 27 heavy (non-hydrogen) atoms. The Kier molecular flexibility index (Phi) is 6.65. The fourth-order valence-corrected chi connectivity index (χ4v) is 4.17. The lowest BCUT2D eigenvalue weighted by molar-refractivity contribution is -0.133. The molecule has 1 aliphatic rings. The summed E-state index contributed by atoms with van der Waals surface area (Å²) in [5, 5.41) is 1.27. The van der Waals surface area contributed by atoms with Gasteiger partial charge in [0, 0.05) is 27.8 Å². The summed E-state index contributed by atoms with van der Waals surface area (Å²) in [4.78, 5) is 26.6. The SMILES string of the molecule is NC(=O)C1CN(C(=O)c2cccc(CSc3cc(Cl)ccc3Cl)c2)CCO1. The number of carbonyl (C=O) groups excluding carboxylic acids is 2. The first-order valence-electron chi connectivity index (χ1n) is 8.31. The highest BCUT2D eigenvalue weighted by molar-refractivity contribution is 7.98. The number of hydrogen-bond acceptors (Lipinski definition) is 4. The molecule has 1 aliphatic heterocycles. The minimum atomic E-state index is -0.758. The number of rotatable bonds is 5. The van der Waals surface area contributed by atoms with Gasteiger partial charge in [0.25, 0.3) is 5.91 Å². The molecule has 2 aromatic carbocycles. The fraction of sp³-hybridized carbons (Fsp3) is 0.263. The molecule has 8 heteroatoms. The molecule has 0 saturated carbocycles. The maximum atomic E-state index is 12.8. The second-order valence-corrected chi connectivity index (χ2v) is 7.94. The molecule has 0 aromatic heterocycles. The van der Waals surface area contributed by atoms with Crippen molar-refractivity contribution < 1.29 is 14.3 Å². The van der Waals surface area contributed by atoms with Crippen molar-refractivity contribution in [3.63, 3.8) is 0 Å². The Morgan fingerprint density at radius 3 is 2.81 bits per heavy atom. The molecule has 2 amide bonds. The van der Waals surface area contributed by atoms with Crippen molar-refractivity contribution in [3.8, 4) is 0 Å². The highest BCUT2D eigenvalue weighted by Crippen LogP contribution is 2.32. The van der Waals surface area contributed by atoms with Gasteiger partial charge in [-0.3, -0.25) is 9.59 Å². The molecule has 5 nitrogen and oxygen atoms in total. The van der Waals surface area contributed by atoms with Crippen LogP contribution in [0, 0.1) is 0 Å². The molecule has 0 spiro atoms. The van der Waals surface area contributed by atoms with Gasteiger partial charge < -0.3 is 15.4 Å². The quantitative estimate of drug-likeness (QED) is 0.743. The lowest BCUT2D eigenvalue weighted by Gasteiger charge is -2.31. The number of amides is 2. The van der Waals surface area contributed by atoms with Crippen molar-refractivity contribution in [3.05, 3.63) is 63.6 Å². The lowest BCUT2D eigenvalue weighted by atomic mass is 10.1. The largest absolute Gasteiger partial charge is 0.367 e. The maximum absolute atomic E-state index is 12.8. The van der Waals surface area contributed by atoms with Gasteiger partial charge in [-0.25, -0.2) is 0 Å². The standard InChI is InChI=1S/C19H18Cl2N2O3S/c20-14-4-5-15(21)17(9-14)27-11-12-2-1-3-13(8-12)19(25)23-6-7-26-16(10-23)18(22)24/h1-5,8-9,16H,6-7,10-11H2,(H2,22,24). The summed E-state index contributed by atoms with van der Waals surface area (Å²) in [6.45, 7) is 0.896. The molecular formula is C19H18Cl2N2O3S. The van der Waals surface area contributed by atoms with E-state index in [9.17, 15) is 9.59 Å². The van der Waals surface area contributed by atoms with Gasteiger partial charge in [-0.2, -0.15) is 0 Å². The van der Waals surface area contributed by atoms with E-state index < -0.39 is 12.0 Å². The molecule has 1 fully saturated rings. The van der Waals surface area contributed by atoms with E-state index in [0.717, 1.165) is 10.5 Å². The number of carbonyl (C=O) groups is 2. The molecule has 0 radical (unpaired) electrons. The summed E-state index contributed by atoms with van der Waals surface area (Å²) in [6.07, 6.45) is -0.758. The number of morpholine rings is 1.